The van der Waals surface area contributed by atoms with E-state index in [0.29, 0.717) is 19.1 Å². The number of aryl methyl sites for hydroxylation is 1. The lowest BCUT2D eigenvalue weighted by atomic mass is 10.2. The number of anilines is 1. The van der Waals surface area contributed by atoms with Gasteiger partial charge in [-0.15, -0.1) is 0 Å². The lowest BCUT2D eigenvalue weighted by Crippen LogP contribution is -2.27. The lowest BCUT2D eigenvalue weighted by molar-refractivity contribution is 0.0365. The number of nitrogens with one attached hydrogen (secondary N) is 2. The molecule has 0 bridgehead atoms. The van der Waals surface area contributed by atoms with Gasteiger partial charge in [0.1, 0.15) is 0 Å². The molecule has 0 amide bonds. The minimum absolute atomic E-state index is 0.0416. The van der Waals surface area contributed by atoms with E-state index in [1.165, 1.54) is 5.56 Å². The van der Waals surface area contributed by atoms with Crippen molar-refractivity contribution in [2.45, 2.75) is 33.4 Å². The normalized spacial score (nSPS) is 12.7. The van der Waals surface area contributed by atoms with Gasteiger partial charge in [0.05, 0.1) is 12.7 Å². The highest BCUT2D eigenvalue weighted by Gasteiger charge is 2.09. The molecule has 0 aliphatic rings. The monoisotopic (exact) mass is 295 g/mol. The van der Waals surface area contributed by atoms with Gasteiger partial charge in [-0.05, 0) is 25.5 Å². The predicted molar refractivity (Wildman–Crippen MR) is 86.7 cm³/mol. The molecule has 1 atom stereocenters. The number of rotatable bonds is 10. The molecule has 0 aliphatic carbocycles. The number of pyridine rings is 1. The van der Waals surface area contributed by atoms with Crippen LogP contribution in [0.5, 0.6) is 0 Å². The lowest BCUT2D eigenvalue weighted by Gasteiger charge is -2.18. The van der Waals surface area contributed by atoms with Crippen molar-refractivity contribution in [3.63, 3.8) is 0 Å². The maximum atomic E-state index is 5.38. The van der Waals surface area contributed by atoms with E-state index in [2.05, 4.69) is 35.5 Å². The highest BCUT2D eigenvalue weighted by atomic mass is 16.5. The van der Waals surface area contributed by atoms with Crippen molar-refractivity contribution >= 4 is 5.69 Å². The molecule has 21 heavy (non-hydrogen) atoms. The van der Waals surface area contributed by atoms with Gasteiger partial charge in [0.15, 0.2) is 0 Å². The first-order valence-corrected chi connectivity index (χ1v) is 7.48. The summed E-state index contributed by atoms with van der Waals surface area (Å²) in [4.78, 5) is 4.39. The molecule has 1 aromatic rings. The average molecular weight is 295 g/mol. The molecular weight excluding hydrogens is 266 g/mol. The van der Waals surface area contributed by atoms with Gasteiger partial charge in [-0.2, -0.15) is 0 Å². The van der Waals surface area contributed by atoms with E-state index >= 15 is 0 Å². The molecule has 0 aromatic carbocycles. The van der Waals surface area contributed by atoms with Crippen LogP contribution in [0, 0.1) is 12.8 Å². The Morgan fingerprint density at radius 2 is 2.00 bits per heavy atom. The summed E-state index contributed by atoms with van der Waals surface area (Å²) in [6.07, 6.45) is 1.98. The van der Waals surface area contributed by atoms with Gasteiger partial charge in [-0.25, -0.2) is 0 Å². The first-order valence-electron chi connectivity index (χ1n) is 7.48. The van der Waals surface area contributed by atoms with E-state index in [-0.39, 0.29) is 6.10 Å². The molecule has 1 aromatic heterocycles. The third-order valence-corrected chi connectivity index (χ3v) is 3.20. The molecule has 0 radical (unpaired) electrons. The van der Waals surface area contributed by atoms with Crippen LogP contribution in [0.4, 0.5) is 5.69 Å². The number of ether oxygens (including phenoxy) is 2. The van der Waals surface area contributed by atoms with E-state index in [9.17, 15) is 0 Å². The zero-order chi connectivity index (χ0) is 15.7. The van der Waals surface area contributed by atoms with Gasteiger partial charge in [0, 0.05) is 50.5 Å². The van der Waals surface area contributed by atoms with Crippen LogP contribution in [-0.4, -0.2) is 45.0 Å². The molecular formula is C16H29N3O2. The van der Waals surface area contributed by atoms with Gasteiger partial charge >= 0.3 is 0 Å². The first-order chi connectivity index (χ1) is 10.1. The largest absolute Gasteiger partial charge is 0.382 e. The van der Waals surface area contributed by atoms with Crippen molar-refractivity contribution in [2.75, 3.05) is 39.2 Å². The van der Waals surface area contributed by atoms with Gasteiger partial charge in [-0.1, -0.05) is 13.8 Å². The van der Waals surface area contributed by atoms with Crippen LogP contribution in [-0.2, 0) is 16.0 Å². The molecule has 1 unspecified atom stereocenters. The topological polar surface area (TPSA) is 55.4 Å². The Bertz CT molecular complexity index is 411. The van der Waals surface area contributed by atoms with E-state index in [0.717, 1.165) is 24.5 Å². The molecule has 1 heterocycles. The number of aromatic nitrogens is 1. The number of hydrogen-bond acceptors (Lipinski definition) is 5. The molecule has 1 rings (SSSR count). The Morgan fingerprint density at radius 3 is 2.62 bits per heavy atom. The third kappa shape index (κ3) is 6.89. The molecule has 0 saturated heterocycles. The fraction of sp³-hybridized carbons (Fsp3) is 0.688. The first kappa shape index (κ1) is 17.9. The van der Waals surface area contributed by atoms with Gasteiger partial charge in [-0.3, -0.25) is 4.98 Å². The summed E-state index contributed by atoms with van der Waals surface area (Å²) in [5, 5.41) is 6.89. The minimum atomic E-state index is 0.0416. The summed E-state index contributed by atoms with van der Waals surface area (Å²) in [6.45, 7) is 9.51. The number of methoxy groups -OCH3 is 2. The second kappa shape index (κ2) is 9.71. The molecule has 0 fully saturated rings. The second-order valence-electron chi connectivity index (χ2n) is 5.70. The third-order valence-electron chi connectivity index (χ3n) is 3.20. The zero-order valence-electron chi connectivity index (χ0n) is 13.9. The molecule has 5 heteroatoms. The SMILES string of the molecule is COCC(CNc1cc(C)ncc1CNCC(C)C)OC. The summed E-state index contributed by atoms with van der Waals surface area (Å²) in [6, 6.07) is 2.08. The fourth-order valence-electron chi connectivity index (χ4n) is 2.01. The highest BCUT2D eigenvalue weighted by molar-refractivity contribution is 5.51. The van der Waals surface area contributed by atoms with Crippen LogP contribution in [0.2, 0.25) is 0 Å². The van der Waals surface area contributed by atoms with Crippen molar-refractivity contribution < 1.29 is 9.47 Å². The van der Waals surface area contributed by atoms with Crippen LogP contribution in [0.3, 0.4) is 0 Å². The maximum absolute atomic E-state index is 5.38. The van der Waals surface area contributed by atoms with Crippen molar-refractivity contribution in [1.82, 2.24) is 10.3 Å². The van der Waals surface area contributed by atoms with Crippen molar-refractivity contribution in [3.05, 3.63) is 23.5 Å². The highest BCUT2D eigenvalue weighted by Crippen LogP contribution is 2.16. The molecule has 120 valence electrons. The summed E-state index contributed by atoms with van der Waals surface area (Å²) in [5.74, 6) is 0.638. The smallest absolute Gasteiger partial charge is 0.0976 e. The zero-order valence-corrected chi connectivity index (χ0v) is 13.9. The number of hydrogen-bond donors (Lipinski definition) is 2. The Kier molecular flexibility index (Phi) is 8.27. The van der Waals surface area contributed by atoms with Crippen LogP contribution in [0.1, 0.15) is 25.1 Å². The summed E-state index contributed by atoms with van der Waals surface area (Å²) in [5.41, 5.74) is 3.29. The van der Waals surface area contributed by atoms with Gasteiger partial charge in [0.2, 0.25) is 0 Å². The fourth-order valence-corrected chi connectivity index (χ4v) is 2.01. The Balaban J connectivity index is 2.63. The average Bonchev–Trinajstić information content (AvgIpc) is 2.45. The summed E-state index contributed by atoms with van der Waals surface area (Å²) < 4.78 is 10.5. The second-order valence-corrected chi connectivity index (χ2v) is 5.70. The maximum Gasteiger partial charge on any atom is 0.0976 e. The van der Waals surface area contributed by atoms with E-state index in [4.69, 9.17) is 9.47 Å². The molecule has 0 saturated carbocycles. The Morgan fingerprint density at radius 1 is 1.24 bits per heavy atom. The minimum Gasteiger partial charge on any atom is -0.382 e. The Hall–Kier alpha value is -1.17. The van der Waals surface area contributed by atoms with Crippen LogP contribution in [0.15, 0.2) is 12.3 Å². The van der Waals surface area contributed by atoms with Crippen LogP contribution < -0.4 is 10.6 Å². The summed E-state index contributed by atoms with van der Waals surface area (Å²) in [7, 11) is 3.39. The Labute approximate surface area is 128 Å². The van der Waals surface area contributed by atoms with Gasteiger partial charge in [0.25, 0.3) is 0 Å². The quantitative estimate of drug-likeness (QED) is 0.693. The van der Waals surface area contributed by atoms with Crippen molar-refractivity contribution in [1.29, 1.82) is 0 Å². The van der Waals surface area contributed by atoms with E-state index in [1.54, 1.807) is 14.2 Å². The van der Waals surface area contributed by atoms with Crippen molar-refractivity contribution in [3.8, 4) is 0 Å². The van der Waals surface area contributed by atoms with Crippen LogP contribution in [0.25, 0.3) is 0 Å². The van der Waals surface area contributed by atoms with Crippen molar-refractivity contribution in [2.24, 2.45) is 5.92 Å². The number of nitrogens with zero attached hydrogens (tertiary/aromatic N) is 1. The predicted octanol–water partition coefficient (Wildman–Crippen LogP) is 2.21. The van der Waals surface area contributed by atoms with Crippen LogP contribution >= 0.6 is 0 Å². The standard InChI is InChI=1S/C16H29N3O2/c1-12(2)7-17-8-14-9-18-13(3)6-16(14)19-10-15(21-5)11-20-4/h6,9,12,15,17H,7-8,10-11H2,1-5H3,(H,18,19). The van der Waals surface area contributed by atoms with E-state index in [1.807, 2.05) is 13.1 Å². The van der Waals surface area contributed by atoms with Gasteiger partial charge < -0.3 is 20.1 Å². The molecule has 0 aliphatic heterocycles. The molecule has 0 spiro atoms. The molecule has 5 nitrogen and oxygen atoms in total. The molecule has 2 N–H and O–H groups in total. The van der Waals surface area contributed by atoms with E-state index < -0.39 is 0 Å². The summed E-state index contributed by atoms with van der Waals surface area (Å²) >= 11 is 0.